The minimum atomic E-state index is 1.06. The molecule has 0 aliphatic carbocycles. The van der Waals surface area contributed by atoms with Crippen LogP contribution in [0.3, 0.4) is 0 Å². The third-order valence-corrected chi connectivity index (χ3v) is 2.23. The third-order valence-electron chi connectivity index (χ3n) is 1.33. The van der Waals surface area contributed by atoms with Gasteiger partial charge in [-0.3, -0.25) is 0 Å². The van der Waals surface area contributed by atoms with Crippen molar-refractivity contribution in [3.8, 4) is 0 Å². The fraction of sp³-hybridized carbons (Fsp3) is 0.462. The number of aromatic nitrogens is 1. The van der Waals surface area contributed by atoms with Crippen LogP contribution in [-0.2, 0) is 0 Å². The Morgan fingerprint density at radius 3 is 2.00 bits per heavy atom. The normalized spacial score (nSPS) is 8.67. The minimum absolute atomic E-state index is 1.06. The van der Waals surface area contributed by atoms with Crippen LogP contribution in [0.1, 0.15) is 43.3 Å². The molecule has 15 heavy (non-hydrogen) atoms. The molecule has 0 radical (unpaired) electrons. The van der Waals surface area contributed by atoms with Crippen molar-refractivity contribution in [2.24, 2.45) is 0 Å². The van der Waals surface area contributed by atoms with Crippen molar-refractivity contribution in [1.29, 1.82) is 0 Å². The van der Waals surface area contributed by atoms with E-state index in [1.54, 1.807) is 17.4 Å². The van der Waals surface area contributed by atoms with Gasteiger partial charge in [0.15, 0.2) is 0 Å². The summed E-state index contributed by atoms with van der Waals surface area (Å²) in [6.07, 6.45) is 5.64. The summed E-state index contributed by atoms with van der Waals surface area (Å²) in [5.41, 5.74) is 1.06. The van der Waals surface area contributed by atoms with Crippen LogP contribution < -0.4 is 0 Å². The minimum Gasteiger partial charge on any atom is -0.242 e. The van der Waals surface area contributed by atoms with Crippen LogP contribution >= 0.6 is 11.3 Å². The molecule has 0 spiro atoms. The first kappa shape index (κ1) is 16.5. The molecule has 0 atom stereocenters. The van der Waals surface area contributed by atoms with Gasteiger partial charge >= 0.3 is 0 Å². The van der Waals surface area contributed by atoms with Gasteiger partial charge in [0.25, 0.3) is 0 Å². The molecule has 1 heterocycles. The molecule has 0 saturated heterocycles. The summed E-state index contributed by atoms with van der Waals surface area (Å²) in [5.74, 6) is 0. The summed E-state index contributed by atoms with van der Waals surface area (Å²) in [6, 6.07) is 0. The third kappa shape index (κ3) is 7.09. The van der Waals surface area contributed by atoms with E-state index < -0.39 is 0 Å². The molecule has 0 N–H and O–H groups in total. The van der Waals surface area contributed by atoms with Gasteiger partial charge in [0, 0.05) is 4.88 Å². The highest BCUT2D eigenvalue weighted by Gasteiger charge is 1.98. The van der Waals surface area contributed by atoms with E-state index >= 15 is 0 Å². The lowest BCUT2D eigenvalue weighted by atomic mass is 10.3. The Balaban J connectivity index is 0. The topological polar surface area (TPSA) is 12.9 Å². The number of rotatable bonds is 2. The molecule has 1 rings (SSSR count). The van der Waals surface area contributed by atoms with E-state index in [-0.39, 0.29) is 0 Å². The fourth-order valence-electron chi connectivity index (χ4n) is 0.859. The maximum atomic E-state index is 4.33. The molecule has 0 aliphatic heterocycles. The van der Waals surface area contributed by atoms with Crippen molar-refractivity contribution in [2.45, 2.75) is 41.5 Å². The SMILES string of the molecule is C=C/C=C\c1nc(C)sc1C.CC.CC. The number of hydrogen-bond acceptors (Lipinski definition) is 2. The number of thiazole rings is 1. The van der Waals surface area contributed by atoms with Crippen LogP contribution in [0.25, 0.3) is 6.08 Å². The smallest absolute Gasteiger partial charge is 0.0904 e. The van der Waals surface area contributed by atoms with Gasteiger partial charge in [0.2, 0.25) is 0 Å². The fourth-order valence-corrected chi connectivity index (χ4v) is 1.66. The van der Waals surface area contributed by atoms with Crippen LogP contribution in [0.4, 0.5) is 0 Å². The summed E-state index contributed by atoms with van der Waals surface area (Å²) >= 11 is 1.72. The van der Waals surface area contributed by atoms with E-state index in [1.165, 1.54) is 4.88 Å². The van der Waals surface area contributed by atoms with Gasteiger partial charge in [-0.1, -0.05) is 46.4 Å². The quantitative estimate of drug-likeness (QED) is 0.645. The number of nitrogens with zero attached hydrogens (tertiary/aromatic N) is 1. The van der Waals surface area contributed by atoms with Crippen molar-refractivity contribution in [3.05, 3.63) is 34.3 Å². The number of aryl methyl sites for hydroxylation is 2. The molecule has 0 fully saturated rings. The Morgan fingerprint density at radius 2 is 1.67 bits per heavy atom. The molecule has 0 bridgehead atoms. The summed E-state index contributed by atoms with van der Waals surface area (Å²) in [5, 5.41) is 1.12. The molecule has 0 aliphatic rings. The lowest BCUT2D eigenvalue weighted by Crippen LogP contribution is -1.73. The molecule has 1 nitrogen and oxygen atoms in total. The maximum absolute atomic E-state index is 4.33. The predicted molar refractivity (Wildman–Crippen MR) is 73.5 cm³/mol. The average Bonchev–Trinajstić information content (AvgIpc) is 2.60. The van der Waals surface area contributed by atoms with Gasteiger partial charge in [-0.05, 0) is 19.9 Å². The molecule has 2 heteroatoms. The second kappa shape index (κ2) is 11.2. The Hall–Kier alpha value is -0.890. The van der Waals surface area contributed by atoms with Crippen molar-refractivity contribution >= 4 is 17.4 Å². The predicted octanol–water partition coefficient (Wildman–Crippen LogP) is 5.01. The summed E-state index contributed by atoms with van der Waals surface area (Å²) in [6.45, 7) is 15.7. The number of allylic oxidation sites excluding steroid dienone is 2. The van der Waals surface area contributed by atoms with Gasteiger partial charge in [-0.15, -0.1) is 11.3 Å². The first-order chi connectivity index (χ1) is 7.24. The van der Waals surface area contributed by atoms with Crippen molar-refractivity contribution in [1.82, 2.24) is 4.98 Å². The molecule has 1 aromatic heterocycles. The highest BCUT2D eigenvalue weighted by atomic mass is 32.1. The van der Waals surface area contributed by atoms with E-state index in [0.29, 0.717) is 0 Å². The lowest BCUT2D eigenvalue weighted by molar-refractivity contribution is 1.26. The van der Waals surface area contributed by atoms with E-state index in [0.717, 1.165) is 10.7 Å². The Kier molecular flexibility index (Phi) is 12.3. The summed E-state index contributed by atoms with van der Waals surface area (Å²) < 4.78 is 0. The van der Waals surface area contributed by atoms with E-state index in [9.17, 15) is 0 Å². The van der Waals surface area contributed by atoms with Crippen LogP contribution in [0, 0.1) is 13.8 Å². The Bertz CT molecular complexity index is 285. The molecule has 0 aromatic carbocycles. The van der Waals surface area contributed by atoms with Crippen LogP contribution in [0.2, 0.25) is 0 Å². The number of hydrogen-bond donors (Lipinski definition) is 0. The van der Waals surface area contributed by atoms with Gasteiger partial charge in [0.05, 0.1) is 10.7 Å². The lowest BCUT2D eigenvalue weighted by Gasteiger charge is -1.83. The first-order valence-corrected chi connectivity index (χ1v) is 6.29. The second-order valence-corrected chi connectivity index (χ2v) is 3.68. The van der Waals surface area contributed by atoms with E-state index in [1.807, 2.05) is 46.8 Å². The van der Waals surface area contributed by atoms with Crippen molar-refractivity contribution < 1.29 is 0 Å². The highest BCUT2D eigenvalue weighted by molar-refractivity contribution is 7.11. The van der Waals surface area contributed by atoms with Gasteiger partial charge < -0.3 is 0 Å². The molecular formula is C13H23NS. The average molecular weight is 225 g/mol. The molecule has 0 amide bonds. The zero-order valence-corrected chi connectivity index (χ0v) is 11.6. The Morgan fingerprint density at radius 1 is 1.13 bits per heavy atom. The standard InChI is InChI=1S/C9H11NS.2C2H6/c1-4-5-6-9-7(2)11-8(3)10-9;2*1-2/h4-6H,1H2,2-3H3;2*1-2H3/b6-5-;;. The largest absolute Gasteiger partial charge is 0.242 e. The zero-order chi connectivity index (χ0) is 12.3. The highest BCUT2D eigenvalue weighted by Crippen LogP contribution is 2.17. The monoisotopic (exact) mass is 225 g/mol. The molecule has 86 valence electrons. The summed E-state index contributed by atoms with van der Waals surface area (Å²) in [7, 11) is 0. The second-order valence-electron chi connectivity index (χ2n) is 2.27. The van der Waals surface area contributed by atoms with Crippen LogP contribution in [0.15, 0.2) is 18.7 Å². The zero-order valence-electron chi connectivity index (χ0n) is 10.8. The van der Waals surface area contributed by atoms with Gasteiger partial charge in [-0.2, -0.15) is 0 Å². The van der Waals surface area contributed by atoms with Crippen LogP contribution in [0.5, 0.6) is 0 Å². The maximum Gasteiger partial charge on any atom is 0.0904 e. The van der Waals surface area contributed by atoms with E-state index in [4.69, 9.17) is 0 Å². The Labute approximate surface area is 98.6 Å². The van der Waals surface area contributed by atoms with Crippen LogP contribution in [-0.4, -0.2) is 4.98 Å². The molecule has 0 unspecified atom stereocenters. The van der Waals surface area contributed by atoms with E-state index in [2.05, 4.69) is 18.5 Å². The molecule has 1 aromatic rings. The van der Waals surface area contributed by atoms with Gasteiger partial charge in [0.1, 0.15) is 0 Å². The molecule has 0 saturated carbocycles. The summed E-state index contributed by atoms with van der Waals surface area (Å²) in [4.78, 5) is 5.60. The van der Waals surface area contributed by atoms with Crippen molar-refractivity contribution in [2.75, 3.05) is 0 Å². The van der Waals surface area contributed by atoms with Gasteiger partial charge in [-0.25, -0.2) is 4.98 Å². The first-order valence-electron chi connectivity index (χ1n) is 5.47. The van der Waals surface area contributed by atoms with Crippen molar-refractivity contribution in [3.63, 3.8) is 0 Å². The molecular weight excluding hydrogens is 202 g/mol.